The Labute approximate surface area is 109 Å². The van der Waals surface area contributed by atoms with Crippen molar-refractivity contribution in [1.29, 1.82) is 0 Å². The molecule has 11 heteroatoms. The summed E-state index contributed by atoms with van der Waals surface area (Å²) in [6, 6.07) is -0.744. The van der Waals surface area contributed by atoms with Crippen LogP contribution in [0.5, 0.6) is 0 Å². The molecule has 0 N–H and O–H groups in total. The lowest BCUT2D eigenvalue weighted by Crippen LogP contribution is -2.34. The van der Waals surface area contributed by atoms with Crippen molar-refractivity contribution in [2.75, 3.05) is 13.1 Å². The summed E-state index contributed by atoms with van der Waals surface area (Å²) < 4.78 is 51.0. The summed E-state index contributed by atoms with van der Waals surface area (Å²) in [6.45, 7) is -0.00606. The molecule has 1 saturated heterocycles. The largest absolute Gasteiger partial charge is 0.453 e. The zero-order chi connectivity index (χ0) is 14.2. The summed E-state index contributed by atoms with van der Waals surface area (Å²) in [6.07, 6.45) is -4.49. The van der Waals surface area contributed by atoms with Crippen LogP contribution >= 0.6 is 11.6 Å². The Kier molecular flexibility index (Phi) is 3.61. The standard InChI is InChI=1S/C8H8ClF4N5O/c9-5(10)6(19)17-2-1-4(3-17)18-7(8(11,12)13)14-15-16-18/h4-5H,1-3H2. The summed E-state index contributed by atoms with van der Waals surface area (Å²) in [7, 11) is 0. The van der Waals surface area contributed by atoms with Crippen molar-refractivity contribution in [3.63, 3.8) is 0 Å². The molecule has 6 nitrogen and oxygen atoms in total. The van der Waals surface area contributed by atoms with Gasteiger partial charge >= 0.3 is 6.18 Å². The summed E-state index contributed by atoms with van der Waals surface area (Å²) in [5.74, 6) is -2.21. The highest BCUT2D eigenvalue weighted by atomic mass is 35.5. The van der Waals surface area contributed by atoms with Gasteiger partial charge in [0.15, 0.2) is 0 Å². The molecule has 1 fully saturated rings. The zero-order valence-electron chi connectivity index (χ0n) is 9.31. The number of hydrogen-bond donors (Lipinski definition) is 0. The number of alkyl halides is 5. The highest BCUT2D eigenvalue weighted by Crippen LogP contribution is 2.31. The molecule has 0 aliphatic carbocycles. The van der Waals surface area contributed by atoms with Crippen molar-refractivity contribution in [3.8, 4) is 0 Å². The van der Waals surface area contributed by atoms with Crippen molar-refractivity contribution >= 4 is 17.5 Å². The van der Waals surface area contributed by atoms with Gasteiger partial charge in [0.05, 0.1) is 6.04 Å². The smallest absolute Gasteiger partial charge is 0.337 e. The van der Waals surface area contributed by atoms with Crippen molar-refractivity contribution < 1.29 is 22.4 Å². The number of hydrogen-bond acceptors (Lipinski definition) is 4. The molecule has 0 bridgehead atoms. The molecule has 1 aromatic rings. The maximum atomic E-state index is 12.6. The van der Waals surface area contributed by atoms with Gasteiger partial charge in [0, 0.05) is 13.1 Å². The molecule has 2 heterocycles. The van der Waals surface area contributed by atoms with E-state index in [-0.39, 0.29) is 19.5 Å². The van der Waals surface area contributed by atoms with Crippen molar-refractivity contribution in [2.24, 2.45) is 0 Å². The molecule has 106 valence electrons. The van der Waals surface area contributed by atoms with Gasteiger partial charge in [-0.15, -0.1) is 5.10 Å². The molecule has 0 spiro atoms. The molecule has 2 rings (SSSR count). The van der Waals surface area contributed by atoms with Gasteiger partial charge in [-0.3, -0.25) is 4.79 Å². The quantitative estimate of drug-likeness (QED) is 0.604. The minimum atomic E-state index is -4.68. The van der Waals surface area contributed by atoms with Crippen LogP contribution in [-0.2, 0) is 11.0 Å². The predicted octanol–water partition coefficient (Wildman–Crippen LogP) is 1.000. The summed E-state index contributed by atoms with van der Waals surface area (Å²) in [4.78, 5) is 12.3. The highest BCUT2D eigenvalue weighted by Gasteiger charge is 2.41. The van der Waals surface area contributed by atoms with Crippen LogP contribution in [0.3, 0.4) is 0 Å². The van der Waals surface area contributed by atoms with Crippen LogP contribution in [0.15, 0.2) is 0 Å². The Morgan fingerprint density at radius 1 is 1.47 bits per heavy atom. The Morgan fingerprint density at radius 2 is 2.16 bits per heavy atom. The number of amides is 1. The van der Waals surface area contributed by atoms with E-state index in [1.54, 1.807) is 0 Å². The van der Waals surface area contributed by atoms with E-state index in [0.29, 0.717) is 4.68 Å². The van der Waals surface area contributed by atoms with Crippen LogP contribution in [-0.4, -0.2) is 49.7 Å². The van der Waals surface area contributed by atoms with Crippen LogP contribution in [0.1, 0.15) is 18.3 Å². The van der Waals surface area contributed by atoms with Gasteiger partial charge in [-0.05, 0) is 16.8 Å². The first kappa shape index (κ1) is 14.0. The SMILES string of the molecule is O=C(C(F)Cl)N1CCC(n2nnnc2C(F)(F)F)C1. The molecule has 1 amide bonds. The van der Waals surface area contributed by atoms with Gasteiger partial charge in [0.1, 0.15) is 0 Å². The van der Waals surface area contributed by atoms with Crippen LogP contribution in [0.25, 0.3) is 0 Å². The first-order valence-corrected chi connectivity index (χ1v) is 5.66. The lowest BCUT2D eigenvalue weighted by Gasteiger charge is -2.17. The minimum Gasteiger partial charge on any atom is -0.337 e. The maximum Gasteiger partial charge on any atom is 0.453 e. The van der Waals surface area contributed by atoms with Gasteiger partial charge in [0.25, 0.3) is 17.4 Å². The molecule has 0 radical (unpaired) electrons. The molecule has 1 aromatic heterocycles. The highest BCUT2D eigenvalue weighted by molar-refractivity contribution is 6.29. The molecular weight excluding hydrogens is 294 g/mol. The topological polar surface area (TPSA) is 63.9 Å². The van der Waals surface area contributed by atoms with E-state index < -0.39 is 29.6 Å². The number of carbonyl (C=O) groups excluding carboxylic acids is 1. The van der Waals surface area contributed by atoms with E-state index in [4.69, 9.17) is 11.6 Å². The van der Waals surface area contributed by atoms with E-state index in [1.165, 1.54) is 0 Å². The fourth-order valence-electron chi connectivity index (χ4n) is 1.91. The van der Waals surface area contributed by atoms with Crippen molar-refractivity contribution in [1.82, 2.24) is 25.1 Å². The Balaban J connectivity index is 2.14. The summed E-state index contributed by atoms with van der Waals surface area (Å²) >= 11 is 5.00. The van der Waals surface area contributed by atoms with Crippen LogP contribution in [0.4, 0.5) is 17.6 Å². The predicted molar refractivity (Wildman–Crippen MR) is 53.8 cm³/mol. The second-order valence-corrected chi connectivity index (χ2v) is 4.36. The molecule has 2 atom stereocenters. The Bertz CT molecular complexity index is 476. The van der Waals surface area contributed by atoms with Gasteiger partial charge in [-0.1, -0.05) is 11.6 Å². The van der Waals surface area contributed by atoms with E-state index >= 15 is 0 Å². The van der Waals surface area contributed by atoms with E-state index in [9.17, 15) is 22.4 Å². The molecule has 1 aliphatic heterocycles. The van der Waals surface area contributed by atoms with Crippen LogP contribution < -0.4 is 0 Å². The summed E-state index contributed by atoms with van der Waals surface area (Å²) in [5.41, 5.74) is -2.20. The number of halogens is 5. The Morgan fingerprint density at radius 3 is 2.74 bits per heavy atom. The summed E-state index contributed by atoms with van der Waals surface area (Å²) in [5, 5.41) is 9.16. The molecule has 0 aromatic carbocycles. The second-order valence-electron chi connectivity index (χ2n) is 3.97. The zero-order valence-corrected chi connectivity index (χ0v) is 10.1. The third-order valence-electron chi connectivity index (χ3n) is 2.75. The number of rotatable bonds is 2. The second kappa shape index (κ2) is 4.91. The number of tetrazole rings is 1. The molecular formula is C8H8ClF4N5O. The van der Waals surface area contributed by atoms with Crippen molar-refractivity contribution in [3.05, 3.63) is 5.82 Å². The lowest BCUT2D eigenvalue weighted by molar-refractivity contribution is -0.148. The minimum absolute atomic E-state index is 0.105. The normalized spacial score (nSPS) is 21.7. The van der Waals surface area contributed by atoms with Gasteiger partial charge < -0.3 is 4.90 Å². The van der Waals surface area contributed by atoms with Crippen LogP contribution in [0, 0.1) is 0 Å². The third-order valence-corrected chi connectivity index (χ3v) is 2.94. The Hall–Kier alpha value is -1.45. The van der Waals surface area contributed by atoms with E-state index in [0.717, 1.165) is 4.90 Å². The van der Waals surface area contributed by atoms with Gasteiger partial charge in [-0.2, -0.15) is 13.2 Å². The van der Waals surface area contributed by atoms with Crippen LogP contribution in [0.2, 0.25) is 0 Å². The third kappa shape index (κ3) is 2.77. The van der Waals surface area contributed by atoms with E-state index in [2.05, 4.69) is 15.5 Å². The average Bonchev–Trinajstić information content (AvgIpc) is 2.95. The average molecular weight is 302 g/mol. The molecule has 1 aliphatic rings. The fourth-order valence-corrected chi connectivity index (χ4v) is 2.04. The van der Waals surface area contributed by atoms with Gasteiger partial charge in [-0.25, -0.2) is 9.07 Å². The van der Waals surface area contributed by atoms with Crippen molar-refractivity contribution in [2.45, 2.75) is 24.3 Å². The monoisotopic (exact) mass is 301 g/mol. The fraction of sp³-hybridized carbons (Fsp3) is 0.750. The molecule has 2 unspecified atom stereocenters. The maximum absolute atomic E-state index is 12.6. The van der Waals surface area contributed by atoms with E-state index in [1.807, 2.05) is 0 Å². The number of aromatic nitrogens is 4. The van der Waals surface area contributed by atoms with Gasteiger partial charge in [0.2, 0.25) is 0 Å². The molecule has 0 saturated carbocycles. The first-order valence-electron chi connectivity index (χ1n) is 5.22. The lowest BCUT2D eigenvalue weighted by atomic mass is 10.2. The molecule has 19 heavy (non-hydrogen) atoms. The number of carbonyl (C=O) groups is 1. The number of nitrogens with zero attached hydrogens (tertiary/aromatic N) is 5. The number of likely N-dealkylation sites (tertiary alicyclic amines) is 1. The first-order chi connectivity index (χ1) is 8.80.